The molecule has 1 N–H and O–H groups in total. The van der Waals surface area contributed by atoms with E-state index in [0.717, 1.165) is 5.56 Å². The predicted molar refractivity (Wildman–Crippen MR) is 111 cm³/mol. The standard InChI is InChI=1S/C21H27N3O3S/c1-13(2)24(14(3)4)20(26)12-28-21-18(11-22)17(10-19(25)23-21)15-6-8-16(27-5)9-7-15/h6-9,13-14,17H,10,12H2,1-5H3,(H,23,25)/t17-/m1/s1. The van der Waals surface area contributed by atoms with Crippen molar-refractivity contribution < 1.29 is 14.3 Å². The number of nitrogens with zero attached hydrogens (tertiary/aromatic N) is 2. The predicted octanol–water partition coefficient (Wildman–Crippen LogP) is 3.41. The number of amides is 2. The van der Waals surface area contributed by atoms with Gasteiger partial charge < -0.3 is 15.0 Å². The lowest BCUT2D eigenvalue weighted by atomic mass is 9.87. The summed E-state index contributed by atoms with van der Waals surface area (Å²) in [5.41, 5.74) is 1.37. The van der Waals surface area contributed by atoms with E-state index in [-0.39, 0.29) is 42.0 Å². The Hall–Kier alpha value is -2.46. The lowest BCUT2D eigenvalue weighted by Gasteiger charge is -2.31. The quantitative estimate of drug-likeness (QED) is 0.757. The molecule has 0 aliphatic carbocycles. The molecular formula is C21H27N3O3S. The molecule has 0 aromatic heterocycles. The summed E-state index contributed by atoms with van der Waals surface area (Å²) in [6.45, 7) is 7.91. The third kappa shape index (κ3) is 5.08. The smallest absolute Gasteiger partial charge is 0.233 e. The number of nitrogens with one attached hydrogen (secondary N) is 1. The Morgan fingerprint density at radius 3 is 2.39 bits per heavy atom. The van der Waals surface area contributed by atoms with Gasteiger partial charge in [-0.2, -0.15) is 5.26 Å². The van der Waals surface area contributed by atoms with E-state index in [0.29, 0.717) is 16.4 Å². The van der Waals surface area contributed by atoms with Gasteiger partial charge >= 0.3 is 0 Å². The van der Waals surface area contributed by atoms with Gasteiger partial charge in [-0.15, -0.1) is 0 Å². The average molecular weight is 402 g/mol. The molecule has 0 saturated heterocycles. The first-order valence-corrected chi connectivity index (χ1v) is 10.3. The zero-order chi connectivity index (χ0) is 20.8. The van der Waals surface area contributed by atoms with Crippen molar-refractivity contribution in [3.05, 3.63) is 40.4 Å². The lowest BCUT2D eigenvalue weighted by molar-refractivity contribution is -0.131. The number of thioether (sulfide) groups is 1. The van der Waals surface area contributed by atoms with E-state index in [4.69, 9.17) is 4.74 Å². The summed E-state index contributed by atoms with van der Waals surface area (Å²) in [6, 6.07) is 9.78. The van der Waals surface area contributed by atoms with Gasteiger partial charge in [-0.1, -0.05) is 23.9 Å². The molecule has 0 bridgehead atoms. The van der Waals surface area contributed by atoms with E-state index >= 15 is 0 Å². The monoisotopic (exact) mass is 401 g/mol. The van der Waals surface area contributed by atoms with Crippen molar-refractivity contribution in [1.29, 1.82) is 5.26 Å². The van der Waals surface area contributed by atoms with Gasteiger partial charge in [0.2, 0.25) is 11.8 Å². The summed E-state index contributed by atoms with van der Waals surface area (Å²) < 4.78 is 5.18. The number of carbonyl (C=O) groups is 2. The fourth-order valence-corrected chi connectivity index (χ4v) is 4.38. The molecule has 1 aliphatic heterocycles. The number of nitriles is 1. The second-order valence-electron chi connectivity index (χ2n) is 7.21. The normalized spacial score (nSPS) is 16.8. The Bertz CT molecular complexity index is 786. The second kappa shape index (κ2) is 9.65. The number of ether oxygens (including phenoxy) is 1. The number of hydrogen-bond donors (Lipinski definition) is 1. The maximum atomic E-state index is 12.6. The van der Waals surface area contributed by atoms with Crippen LogP contribution in [0.1, 0.15) is 45.6 Å². The molecular weight excluding hydrogens is 374 g/mol. The number of carbonyl (C=O) groups excluding carboxylic acids is 2. The third-order valence-corrected chi connectivity index (χ3v) is 5.62. The fourth-order valence-electron chi connectivity index (χ4n) is 3.43. The Morgan fingerprint density at radius 2 is 1.89 bits per heavy atom. The summed E-state index contributed by atoms with van der Waals surface area (Å²) in [7, 11) is 1.59. The molecule has 7 heteroatoms. The lowest BCUT2D eigenvalue weighted by Crippen LogP contribution is -2.43. The Balaban J connectivity index is 2.25. The Kier molecular flexibility index (Phi) is 7.53. The first kappa shape index (κ1) is 21.8. The maximum absolute atomic E-state index is 12.6. The van der Waals surface area contributed by atoms with Gasteiger partial charge in [0.05, 0.1) is 29.5 Å². The largest absolute Gasteiger partial charge is 0.497 e. The van der Waals surface area contributed by atoms with Crippen molar-refractivity contribution in [3.8, 4) is 11.8 Å². The van der Waals surface area contributed by atoms with E-state index in [1.807, 2.05) is 56.9 Å². The Morgan fingerprint density at radius 1 is 1.29 bits per heavy atom. The SMILES string of the molecule is COc1ccc([C@H]2CC(=O)NC(SCC(=O)N(C(C)C)C(C)C)=C2C#N)cc1. The van der Waals surface area contributed by atoms with Crippen LogP contribution in [0.4, 0.5) is 0 Å². The number of hydrogen-bond acceptors (Lipinski definition) is 5. The van der Waals surface area contributed by atoms with Gasteiger partial charge in [0.25, 0.3) is 0 Å². The minimum Gasteiger partial charge on any atom is -0.497 e. The second-order valence-corrected chi connectivity index (χ2v) is 8.20. The molecule has 2 rings (SSSR count). The molecule has 1 aliphatic rings. The highest BCUT2D eigenvalue weighted by Crippen LogP contribution is 2.36. The molecule has 0 saturated carbocycles. The van der Waals surface area contributed by atoms with Crippen molar-refractivity contribution in [2.75, 3.05) is 12.9 Å². The highest BCUT2D eigenvalue weighted by molar-refractivity contribution is 8.03. The van der Waals surface area contributed by atoms with Crippen molar-refractivity contribution >= 4 is 23.6 Å². The summed E-state index contributed by atoms with van der Waals surface area (Å²) in [5.74, 6) is 0.398. The first-order valence-electron chi connectivity index (χ1n) is 9.30. The van der Waals surface area contributed by atoms with Crippen LogP contribution >= 0.6 is 11.8 Å². The van der Waals surface area contributed by atoms with Crippen LogP contribution < -0.4 is 10.1 Å². The summed E-state index contributed by atoms with van der Waals surface area (Å²) in [5, 5.41) is 13.0. The van der Waals surface area contributed by atoms with Crippen molar-refractivity contribution in [3.63, 3.8) is 0 Å². The molecule has 1 aromatic carbocycles. The molecule has 150 valence electrons. The highest BCUT2D eigenvalue weighted by Gasteiger charge is 2.30. The van der Waals surface area contributed by atoms with E-state index < -0.39 is 0 Å². The third-order valence-electron chi connectivity index (χ3n) is 4.61. The number of rotatable bonds is 7. The molecule has 0 spiro atoms. The highest BCUT2D eigenvalue weighted by atomic mass is 32.2. The average Bonchev–Trinajstić information content (AvgIpc) is 2.65. The van der Waals surface area contributed by atoms with E-state index in [1.54, 1.807) is 7.11 Å². The number of allylic oxidation sites excluding steroid dienone is 1. The fraction of sp³-hybridized carbons (Fsp3) is 0.476. The number of methoxy groups -OCH3 is 1. The molecule has 1 aromatic rings. The summed E-state index contributed by atoms with van der Waals surface area (Å²) in [4.78, 5) is 26.7. The van der Waals surface area contributed by atoms with Gasteiger partial charge in [0, 0.05) is 24.4 Å². The van der Waals surface area contributed by atoms with Crippen molar-refractivity contribution in [2.24, 2.45) is 0 Å². The van der Waals surface area contributed by atoms with Crippen LogP contribution in [0.25, 0.3) is 0 Å². The van der Waals surface area contributed by atoms with E-state index in [2.05, 4.69) is 11.4 Å². The van der Waals surface area contributed by atoms with Crippen LogP contribution in [0.5, 0.6) is 5.75 Å². The molecule has 0 unspecified atom stereocenters. The van der Waals surface area contributed by atoms with Crippen LogP contribution in [0, 0.1) is 11.3 Å². The number of benzene rings is 1. The van der Waals surface area contributed by atoms with Gasteiger partial charge in [-0.05, 0) is 45.4 Å². The Labute approximate surface area is 170 Å². The van der Waals surface area contributed by atoms with Crippen molar-refractivity contribution in [2.45, 2.75) is 52.1 Å². The van der Waals surface area contributed by atoms with Crippen LogP contribution in [0.2, 0.25) is 0 Å². The molecule has 2 amide bonds. The minimum absolute atomic E-state index is 0.0133. The molecule has 0 radical (unpaired) electrons. The van der Waals surface area contributed by atoms with Gasteiger partial charge in [0.15, 0.2) is 0 Å². The van der Waals surface area contributed by atoms with Gasteiger partial charge in [-0.25, -0.2) is 0 Å². The van der Waals surface area contributed by atoms with Gasteiger partial charge in [-0.3, -0.25) is 9.59 Å². The minimum atomic E-state index is -0.325. The maximum Gasteiger partial charge on any atom is 0.233 e. The van der Waals surface area contributed by atoms with Crippen LogP contribution in [-0.2, 0) is 9.59 Å². The zero-order valence-corrected chi connectivity index (χ0v) is 17.8. The first-order chi connectivity index (χ1) is 13.3. The molecule has 1 heterocycles. The van der Waals surface area contributed by atoms with Gasteiger partial charge in [0.1, 0.15) is 5.75 Å². The van der Waals surface area contributed by atoms with Crippen LogP contribution in [0.3, 0.4) is 0 Å². The van der Waals surface area contributed by atoms with Crippen LogP contribution in [-0.4, -0.2) is 41.7 Å². The summed E-state index contributed by atoms with van der Waals surface area (Å²) in [6.07, 6.45) is 0.206. The molecule has 0 fully saturated rings. The zero-order valence-electron chi connectivity index (χ0n) is 17.0. The van der Waals surface area contributed by atoms with E-state index in [9.17, 15) is 14.9 Å². The molecule has 28 heavy (non-hydrogen) atoms. The van der Waals surface area contributed by atoms with E-state index in [1.165, 1.54) is 11.8 Å². The van der Waals surface area contributed by atoms with Crippen LogP contribution in [0.15, 0.2) is 34.9 Å². The molecule has 1 atom stereocenters. The topological polar surface area (TPSA) is 82.4 Å². The van der Waals surface area contributed by atoms with Crippen molar-refractivity contribution in [1.82, 2.24) is 10.2 Å². The summed E-state index contributed by atoms with van der Waals surface area (Å²) >= 11 is 1.22. The molecule has 6 nitrogen and oxygen atoms in total.